The SMILES string of the molecule is COc1ccccc1-c1c(C(=O)O)nnn1CCC(C)O. The smallest absolute Gasteiger partial charge is 0.358 e. The zero-order valence-corrected chi connectivity index (χ0v) is 11.9. The fraction of sp³-hybridized carbons (Fsp3) is 0.357. The predicted octanol–water partition coefficient (Wildman–Crippen LogP) is 1.42. The number of carboxylic acids is 1. The van der Waals surface area contributed by atoms with Crippen molar-refractivity contribution < 1.29 is 19.7 Å². The molecule has 2 rings (SSSR count). The van der Waals surface area contributed by atoms with E-state index in [4.69, 9.17) is 4.74 Å². The molecule has 0 spiro atoms. The zero-order valence-electron chi connectivity index (χ0n) is 11.9. The molecule has 21 heavy (non-hydrogen) atoms. The zero-order chi connectivity index (χ0) is 15.4. The van der Waals surface area contributed by atoms with Crippen molar-refractivity contribution in [1.82, 2.24) is 15.0 Å². The number of benzene rings is 1. The molecule has 0 radical (unpaired) electrons. The summed E-state index contributed by atoms with van der Waals surface area (Å²) in [6, 6.07) is 7.08. The summed E-state index contributed by atoms with van der Waals surface area (Å²) < 4.78 is 6.75. The lowest BCUT2D eigenvalue weighted by molar-refractivity contribution is 0.0691. The van der Waals surface area contributed by atoms with Gasteiger partial charge >= 0.3 is 5.97 Å². The number of carboxylic acid groups (broad SMARTS) is 1. The highest BCUT2D eigenvalue weighted by Crippen LogP contribution is 2.31. The molecule has 1 aromatic heterocycles. The van der Waals surface area contributed by atoms with Gasteiger partial charge in [-0.1, -0.05) is 17.3 Å². The number of para-hydroxylation sites is 1. The number of aromatic carboxylic acids is 1. The second kappa shape index (κ2) is 6.36. The monoisotopic (exact) mass is 291 g/mol. The summed E-state index contributed by atoms with van der Waals surface area (Å²) >= 11 is 0. The molecular formula is C14H17N3O4. The van der Waals surface area contributed by atoms with Gasteiger partial charge in [0, 0.05) is 12.1 Å². The average Bonchev–Trinajstić information content (AvgIpc) is 2.88. The first-order chi connectivity index (χ1) is 10.0. The van der Waals surface area contributed by atoms with E-state index in [1.807, 2.05) is 0 Å². The normalized spacial score (nSPS) is 12.1. The van der Waals surface area contributed by atoms with Gasteiger partial charge in [-0.3, -0.25) is 0 Å². The Bertz CT molecular complexity index is 637. The molecule has 2 aromatic rings. The first-order valence-electron chi connectivity index (χ1n) is 6.52. The lowest BCUT2D eigenvalue weighted by atomic mass is 10.1. The number of carbonyl (C=O) groups is 1. The lowest BCUT2D eigenvalue weighted by Crippen LogP contribution is -2.10. The molecule has 0 saturated heterocycles. The van der Waals surface area contributed by atoms with E-state index in [1.54, 1.807) is 31.2 Å². The molecule has 0 aliphatic rings. The minimum Gasteiger partial charge on any atom is -0.496 e. The number of aliphatic hydroxyl groups excluding tert-OH is 1. The van der Waals surface area contributed by atoms with Crippen LogP contribution >= 0.6 is 0 Å². The minimum absolute atomic E-state index is 0.134. The Kier molecular flexibility index (Phi) is 4.54. The highest BCUT2D eigenvalue weighted by Gasteiger charge is 2.23. The molecule has 1 aromatic carbocycles. The predicted molar refractivity (Wildman–Crippen MR) is 75.3 cm³/mol. The van der Waals surface area contributed by atoms with E-state index >= 15 is 0 Å². The van der Waals surface area contributed by atoms with Crippen LogP contribution in [-0.4, -0.2) is 44.4 Å². The molecule has 7 nitrogen and oxygen atoms in total. The van der Waals surface area contributed by atoms with Crippen molar-refractivity contribution in [3.05, 3.63) is 30.0 Å². The Labute approximate surface area is 121 Å². The minimum atomic E-state index is -1.15. The van der Waals surface area contributed by atoms with Gasteiger partial charge in [-0.2, -0.15) is 0 Å². The summed E-state index contributed by atoms with van der Waals surface area (Å²) in [7, 11) is 1.52. The molecule has 112 valence electrons. The molecule has 1 unspecified atom stereocenters. The largest absolute Gasteiger partial charge is 0.496 e. The second-order valence-electron chi connectivity index (χ2n) is 4.65. The molecule has 0 fully saturated rings. The third-order valence-electron chi connectivity index (χ3n) is 3.06. The summed E-state index contributed by atoms with van der Waals surface area (Å²) in [4.78, 5) is 11.3. The van der Waals surface area contributed by atoms with Gasteiger partial charge < -0.3 is 14.9 Å². The number of ether oxygens (including phenoxy) is 1. The van der Waals surface area contributed by atoms with E-state index in [0.717, 1.165) is 0 Å². The van der Waals surface area contributed by atoms with Gasteiger partial charge in [-0.25, -0.2) is 9.48 Å². The highest BCUT2D eigenvalue weighted by molar-refractivity contribution is 5.93. The number of aryl methyl sites for hydroxylation is 1. The number of methoxy groups -OCH3 is 1. The second-order valence-corrected chi connectivity index (χ2v) is 4.65. The molecule has 7 heteroatoms. The van der Waals surface area contributed by atoms with E-state index < -0.39 is 12.1 Å². The van der Waals surface area contributed by atoms with E-state index in [2.05, 4.69) is 10.3 Å². The van der Waals surface area contributed by atoms with Crippen LogP contribution in [0.1, 0.15) is 23.8 Å². The fourth-order valence-corrected chi connectivity index (χ4v) is 2.03. The maximum absolute atomic E-state index is 11.3. The third kappa shape index (κ3) is 3.19. The van der Waals surface area contributed by atoms with Crippen LogP contribution in [0.4, 0.5) is 0 Å². The van der Waals surface area contributed by atoms with Gasteiger partial charge in [-0.05, 0) is 25.5 Å². The molecule has 1 heterocycles. The summed E-state index contributed by atoms with van der Waals surface area (Å²) in [6.45, 7) is 2.03. The van der Waals surface area contributed by atoms with Crippen LogP contribution in [0.15, 0.2) is 24.3 Å². The Morgan fingerprint density at radius 3 is 2.76 bits per heavy atom. The molecule has 0 bridgehead atoms. The van der Waals surface area contributed by atoms with Crippen molar-refractivity contribution in [1.29, 1.82) is 0 Å². The van der Waals surface area contributed by atoms with Crippen LogP contribution in [-0.2, 0) is 6.54 Å². The Hall–Kier alpha value is -2.41. The van der Waals surface area contributed by atoms with E-state index in [-0.39, 0.29) is 5.69 Å². The quantitative estimate of drug-likeness (QED) is 0.835. The van der Waals surface area contributed by atoms with Crippen molar-refractivity contribution in [2.45, 2.75) is 26.0 Å². The maximum atomic E-state index is 11.3. The molecule has 0 amide bonds. The third-order valence-corrected chi connectivity index (χ3v) is 3.06. The molecule has 0 aliphatic carbocycles. The van der Waals surface area contributed by atoms with Crippen LogP contribution in [0.2, 0.25) is 0 Å². The molecule has 1 atom stereocenters. The van der Waals surface area contributed by atoms with Crippen LogP contribution in [0.3, 0.4) is 0 Å². The number of nitrogens with zero attached hydrogens (tertiary/aromatic N) is 3. The summed E-state index contributed by atoms with van der Waals surface area (Å²) in [5.41, 5.74) is 0.846. The van der Waals surface area contributed by atoms with Crippen LogP contribution in [0.5, 0.6) is 5.75 Å². The van der Waals surface area contributed by atoms with Crippen molar-refractivity contribution in [3.8, 4) is 17.0 Å². The van der Waals surface area contributed by atoms with Gasteiger partial charge in [-0.15, -0.1) is 5.10 Å². The van der Waals surface area contributed by atoms with Crippen LogP contribution < -0.4 is 4.74 Å². The van der Waals surface area contributed by atoms with Crippen LogP contribution in [0.25, 0.3) is 11.3 Å². The number of aromatic nitrogens is 3. The van der Waals surface area contributed by atoms with Crippen molar-refractivity contribution in [2.75, 3.05) is 7.11 Å². The first kappa shape index (κ1) is 15.0. The standard InChI is InChI=1S/C14H17N3O4/c1-9(18)7-8-17-13(12(14(19)20)15-16-17)10-5-3-4-6-11(10)21-2/h3-6,9,18H,7-8H2,1-2H3,(H,19,20). The van der Waals surface area contributed by atoms with E-state index in [0.29, 0.717) is 30.0 Å². The number of hydrogen-bond acceptors (Lipinski definition) is 5. The van der Waals surface area contributed by atoms with E-state index in [1.165, 1.54) is 11.8 Å². The molecular weight excluding hydrogens is 274 g/mol. The van der Waals surface area contributed by atoms with Gasteiger partial charge in [0.05, 0.1) is 13.2 Å². The summed E-state index contributed by atoms with van der Waals surface area (Å²) in [5.74, 6) is -0.611. The Morgan fingerprint density at radius 2 is 2.14 bits per heavy atom. The number of hydrogen-bond donors (Lipinski definition) is 2. The number of aliphatic hydroxyl groups is 1. The summed E-state index contributed by atoms with van der Waals surface area (Å²) in [6.07, 6.45) is -0.0575. The van der Waals surface area contributed by atoms with Gasteiger partial charge in [0.1, 0.15) is 11.4 Å². The summed E-state index contributed by atoms with van der Waals surface area (Å²) in [5, 5.41) is 26.3. The van der Waals surface area contributed by atoms with Gasteiger partial charge in [0.15, 0.2) is 5.69 Å². The fourth-order valence-electron chi connectivity index (χ4n) is 2.03. The van der Waals surface area contributed by atoms with Crippen molar-refractivity contribution >= 4 is 5.97 Å². The average molecular weight is 291 g/mol. The van der Waals surface area contributed by atoms with Crippen molar-refractivity contribution in [2.24, 2.45) is 0 Å². The Morgan fingerprint density at radius 1 is 1.43 bits per heavy atom. The van der Waals surface area contributed by atoms with E-state index in [9.17, 15) is 15.0 Å². The molecule has 0 aliphatic heterocycles. The maximum Gasteiger partial charge on any atom is 0.358 e. The lowest BCUT2D eigenvalue weighted by Gasteiger charge is -2.11. The van der Waals surface area contributed by atoms with Gasteiger partial charge in [0.25, 0.3) is 0 Å². The molecule has 0 saturated carbocycles. The van der Waals surface area contributed by atoms with Gasteiger partial charge in [0.2, 0.25) is 0 Å². The van der Waals surface area contributed by atoms with Crippen molar-refractivity contribution in [3.63, 3.8) is 0 Å². The first-order valence-corrected chi connectivity index (χ1v) is 6.52. The highest BCUT2D eigenvalue weighted by atomic mass is 16.5. The molecule has 2 N–H and O–H groups in total. The Balaban J connectivity index is 2.53. The number of rotatable bonds is 6. The topological polar surface area (TPSA) is 97.5 Å². The van der Waals surface area contributed by atoms with Crippen LogP contribution in [0, 0.1) is 0 Å².